The van der Waals surface area contributed by atoms with Gasteiger partial charge in [-0.2, -0.15) is 0 Å². The molecule has 6 heteroatoms. The van der Waals surface area contributed by atoms with Crippen LogP contribution >= 0.6 is 0 Å². The number of nitro benzene ring substituents is 1. The first kappa shape index (κ1) is 11.3. The highest BCUT2D eigenvalue weighted by Crippen LogP contribution is 2.14. The number of nitrogens with one attached hydrogen (secondary N) is 1. The quantitative estimate of drug-likeness (QED) is 0.616. The molecule has 0 aliphatic rings. The van der Waals surface area contributed by atoms with Crippen LogP contribution in [-0.4, -0.2) is 20.0 Å². The van der Waals surface area contributed by atoms with E-state index in [9.17, 15) is 10.1 Å². The maximum absolute atomic E-state index is 10.5. The number of rotatable bonds is 4. The molecule has 0 amide bonds. The average Bonchev–Trinajstić information content (AvgIpc) is 2.77. The molecule has 0 spiro atoms. The number of nitrogens with zero attached hydrogens (tertiary/aromatic N) is 2. The van der Waals surface area contributed by atoms with Crippen LogP contribution in [0.25, 0.3) is 0 Å². The molecular weight excluding hydrogens is 222 g/mol. The normalized spacial score (nSPS) is 10.4. The van der Waals surface area contributed by atoms with Gasteiger partial charge in [0.05, 0.1) is 23.4 Å². The molecule has 0 fully saturated rings. The van der Waals surface area contributed by atoms with Crippen LogP contribution in [0.2, 0.25) is 0 Å². The molecule has 0 bridgehead atoms. The lowest BCUT2D eigenvalue weighted by Crippen LogP contribution is -1.93. The van der Waals surface area contributed by atoms with E-state index in [4.69, 9.17) is 5.11 Å². The van der Waals surface area contributed by atoms with Crippen molar-refractivity contribution in [2.75, 3.05) is 0 Å². The molecule has 1 heterocycles. The summed E-state index contributed by atoms with van der Waals surface area (Å²) < 4.78 is 0. The predicted molar refractivity (Wildman–Crippen MR) is 60.4 cm³/mol. The Balaban J connectivity index is 2.10. The van der Waals surface area contributed by atoms with Gasteiger partial charge in [0.25, 0.3) is 5.69 Å². The van der Waals surface area contributed by atoms with Gasteiger partial charge in [-0.3, -0.25) is 10.1 Å². The minimum absolute atomic E-state index is 0.0734. The third kappa shape index (κ3) is 2.67. The first-order valence-corrected chi connectivity index (χ1v) is 5.06. The molecule has 17 heavy (non-hydrogen) atoms. The van der Waals surface area contributed by atoms with Gasteiger partial charge in [0.2, 0.25) is 0 Å². The summed E-state index contributed by atoms with van der Waals surface area (Å²) in [5.41, 5.74) is 1.65. The monoisotopic (exact) mass is 233 g/mol. The summed E-state index contributed by atoms with van der Waals surface area (Å²) in [5, 5.41) is 19.3. The molecule has 2 aromatic rings. The van der Waals surface area contributed by atoms with Crippen molar-refractivity contribution in [1.82, 2.24) is 9.97 Å². The Morgan fingerprint density at radius 3 is 2.59 bits per heavy atom. The fraction of sp³-hybridized carbons (Fsp3) is 0.182. The first-order valence-electron chi connectivity index (χ1n) is 5.06. The van der Waals surface area contributed by atoms with Crippen molar-refractivity contribution in [3.05, 3.63) is 57.7 Å². The molecule has 1 aromatic carbocycles. The van der Waals surface area contributed by atoms with Crippen molar-refractivity contribution in [2.24, 2.45) is 0 Å². The highest BCUT2D eigenvalue weighted by Gasteiger charge is 2.05. The molecule has 0 aliphatic heterocycles. The lowest BCUT2D eigenvalue weighted by Gasteiger charge is -1.98. The zero-order valence-electron chi connectivity index (χ0n) is 8.96. The van der Waals surface area contributed by atoms with E-state index in [2.05, 4.69) is 9.97 Å². The summed E-state index contributed by atoms with van der Waals surface area (Å²) >= 11 is 0. The standard InChI is InChI=1S/C11H11N3O3/c15-7-9-6-12-11(13-9)5-8-1-3-10(4-2-8)14(16)17/h1-4,6,15H,5,7H2,(H,12,13). The van der Waals surface area contributed by atoms with E-state index in [1.165, 1.54) is 12.1 Å². The van der Waals surface area contributed by atoms with E-state index in [0.717, 1.165) is 11.4 Å². The smallest absolute Gasteiger partial charge is 0.269 e. The minimum Gasteiger partial charge on any atom is -0.390 e. The van der Waals surface area contributed by atoms with E-state index in [0.29, 0.717) is 12.1 Å². The Kier molecular flexibility index (Phi) is 3.15. The van der Waals surface area contributed by atoms with Crippen LogP contribution < -0.4 is 0 Å². The summed E-state index contributed by atoms with van der Waals surface area (Å²) in [6.07, 6.45) is 2.12. The number of imidazole rings is 1. The second-order valence-electron chi connectivity index (χ2n) is 3.61. The predicted octanol–water partition coefficient (Wildman–Crippen LogP) is 1.40. The summed E-state index contributed by atoms with van der Waals surface area (Å²) in [7, 11) is 0. The van der Waals surface area contributed by atoms with Gasteiger partial charge in [0.1, 0.15) is 5.82 Å². The van der Waals surface area contributed by atoms with E-state index in [-0.39, 0.29) is 12.3 Å². The Bertz CT molecular complexity index is 519. The summed E-state index contributed by atoms with van der Waals surface area (Å²) in [5.74, 6) is 0.725. The second-order valence-corrected chi connectivity index (χ2v) is 3.61. The average molecular weight is 233 g/mol. The highest BCUT2D eigenvalue weighted by atomic mass is 16.6. The lowest BCUT2D eigenvalue weighted by molar-refractivity contribution is -0.384. The SMILES string of the molecule is O=[N+]([O-])c1ccc(Cc2ncc(CO)[nH]2)cc1. The van der Waals surface area contributed by atoms with Gasteiger partial charge in [0.15, 0.2) is 0 Å². The molecular formula is C11H11N3O3. The zero-order chi connectivity index (χ0) is 12.3. The largest absolute Gasteiger partial charge is 0.390 e. The highest BCUT2D eigenvalue weighted by molar-refractivity contribution is 5.33. The maximum atomic E-state index is 10.5. The van der Waals surface area contributed by atoms with Crippen molar-refractivity contribution < 1.29 is 10.0 Å². The van der Waals surface area contributed by atoms with Crippen molar-refractivity contribution in [3.63, 3.8) is 0 Å². The van der Waals surface area contributed by atoms with E-state index >= 15 is 0 Å². The Labute approximate surface area is 97.1 Å². The lowest BCUT2D eigenvalue weighted by atomic mass is 10.1. The second kappa shape index (κ2) is 4.75. The van der Waals surface area contributed by atoms with Gasteiger partial charge in [0, 0.05) is 18.6 Å². The van der Waals surface area contributed by atoms with E-state index < -0.39 is 4.92 Å². The summed E-state index contributed by atoms with van der Waals surface area (Å²) in [6, 6.07) is 6.31. The molecule has 2 N–H and O–H groups in total. The number of nitro groups is 1. The van der Waals surface area contributed by atoms with Gasteiger partial charge in [-0.1, -0.05) is 12.1 Å². The first-order chi connectivity index (χ1) is 8.19. The van der Waals surface area contributed by atoms with Crippen molar-refractivity contribution >= 4 is 5.69 Å². The Hall–Kier alpha value is -2.21. The molecule has 0 saturated heterocycles. The Morgan fingerprint density at radius 1 is 1.35 bits per heavy atom. The van der Waals surface area contributed by atoms with Crippen molar-refractivity contribution in [1.29, 1.82) is 0 Å². The number of aliphatic hydroxyl groups excluding tert-OH is 1. The van der Waals surface area contributed by atoms with Crippen LogP contribution in [0, 0.1) is 10.1 Å². The molecule has 6 nitrogen and oxygen atoms in total. The molecule has 0 saturated carbocycles. The fourth-order valence-corrected chi connectivity index (χ4v) is 1.50. The third-order valence-electron chi connectivity index (χ3n) is 2.37. The summed E-state index contributed by atoms with van der Waals surface area (Å²) in [6.45, 7) is -0.0761. The minimum atomic E-state index is -0.430. The van der Waals surface area contributed by atoms with Crippen LogP contribution in [0.15, 0.2) is 30.5 Å². The van der Waals surface area contributed by atoms with Gasteiger partial charge in [-0.05, 0) is 5.56 Å². The van der Waals surface area contributed by atoms with E-state index in [1.54, 1.807) is 18.3 Å². The number of aromatic nitrogens is 2. The topological polar surface area (TPSA) is 92.1 Å². The third-order valence-corrected chi connectivity index (χ3v) is 2.37. The molecule has 2 rings (SSSR count). The number of hydrogen-bond donors (Lipinski definition) is 2. The van der Waals surface area contributed by atoms with Crippen LogP contribution in [0.5, 0.6) is 0 Å². The van der Waals surface area contributed by atoms with Crippen LogP contribution in [0.1, 0.15) is 17.1 Å². The molecule has 0 unspecified atom stereocenters. The fourth-order valence-electron chi connectivity index (χ4n) is 1.50. The number of aliphatic hydroxyl groups is 1. The van der Waals surface area contributed by atoms with Gasteiger partial charge >= 0.3 is 0 Å². The van der Waals surface area contributed by atoms with Crippen LogP contribution in [-0.2, 0) is 13.0 Å². The molecule has 0 aliphatic carbocycles. The summed E-state index contributed by atoms with van der Waals surface area (Å²) in [4.78, 5) is 17.1. The molecule has 0 radical (unpaired) electrons. The number of non-ortho nitro benzene ring substituents is 1. The van der Waals surface area contributed by atoms with Gasteiger partial charge in [-0.25, -0.2) is 4.98 Å². The zero-order valence-corrected chi connectivity index (χ0v) is 8.96. The molecule has 88 valence electrons. The van der Waals surface area contributed by atoms with Crippen LogP contribution in [0.3, 0.4) is 0 Å². The molecule has 1 aromatic heterocycles. The number of hydrogen-bond acceptors (Lipinski definition) is 4. The molecule has 0 atom stereocenters. The van der Waals surface area contributed by atoms with Crippen LogP contribution in [0.4, 0.5) is 5.69 Å². The van der Waals surface area contributed by atoms with Crippen molar-refractivity contribution in [3.8, 4) is 0 Å². The van der Waals surface area contributed by atoms with Gasteiger partial charge < -0.3 is 10.1 Å². The number of benzene rings is 1. The van der Waals surface area contributed by atoms with Crippen molar-refractivity contribution in [2.45, 2.75) is 13.0 Å². The number of aromatic amines is 1. The van der Waals surface area contributed by atoms with Gasteiger partial charge in [-0.15, -0.1) is 0 Å². The number of H-pyrrole nitrogens is 1. The Morgan fingerprint density at radius 2 is 2.06 bits per heavy atom. The van der Waals surface area contributed by atoms with E-state index in [1.807, 2.05) is 0 Å². The maximum Gasteiger partial charge on any atom is 0.269 e.